The van der Waals surface area contributed by atoms with E-state index in [1.807, 2.05) is 69.2 Å². The van der Waals surface area contributed by atoms with Gasteiger partial charge in [0, 0.05) is 12.1 Å². The summed E-state index contributed by atoms with van der Waals surface area (Å²) in [5.41, 5.74) is 2.43. The first kappa shape index (κ1) is 23.5. The highest BCUT2D eigenvalue weighted by atomic mass is 16.5. The van der Waals surface area contributed by atoms with Crippen LogP contribution in [-0.2, 0) is 9.59 Å². The molecule has 0 aliphatic carbocycles. The van der Waals surface area contributed by atoms with E-state index in [-0.39, 0.29) is 11.3 Å². The summed E-state index contributed by atoms with van der Waals surface area (Å²) in [6.07, 6.45) is 1.59. The van der Waals surface area contributed by atoms with E-state index in [4.69, 9.17) is 4.74 Å². The molecular formula is C26H32N2O4. The fraction of sp³-hybridized carbons (Fsp3) is 0.385. The number of amides is 1. The first-order valence-electron chi connectivity index (χ1n) is 11.1. The van der Waals surface area contributed by atoms with E-state index >= 15 is 0 Å². The maximum absolute atomic E-state index is 13.1. The van der Waals surface area contributed by atoms with Crippen LogP contribution in [0.1, 0.15) is 42.5 Å². The lowest BCUT2D eigenvalue weighted by atomic mass is 9.95. The summed E-state index contributed by atoms with van der Waals surface area (Å²) in [6.45, 7) is 5.77. The average molecular weight is 437 g/mol. The van der Waals surface area contributed by atoms with Gasteiger partial charge in [-0.3, -0.25) is 9.59 Å². The molecule has 0 unspecified atom stereocenters. The highest BCUT2D eigenvalue weighted by Gasteiger charge is 2.45. The highest BCUT2D eigenvalue weighted by molar-refractivity contribution is 6.46. The van der Waals surface area contributed by atoms with E-state index < -0.39 is 17.7 Å². The van der Waals surface area contributed by atoms with Crippen molar-refractivity contribution in [3.8, 4) is 5.75 Å². The summed E-state index contributed by atoms with van der Waals surface area (Å²) in [7, 11) is 3.94. The third kappa shape index (κ3) is 5.19. The van der Waals surface area contributed by atoms with Gasteiger partial charge in [-0.2, -0.15) is 0 Å². The van der Waals surface area contributed by atoms with Crippen LogP contribution in [0.25, 0.3) is 5.76 Å². The van der Waals surface area contributed by atoms with Gasteiger partial charge in [-0.25, -0.2) is 0 Å². The fourth-order valence-electron chi connectivity index (χ4n) is 3.88. The van der Waals surface area contributed by atoms with Gasteiger partial charge in [-0.1, -0.05) is 48.9 Å². The lowest BCUT2D eigenvalue weighted by molar-refractivity contribution is -0.139. The number of rotatable bonds is 9. The van der Waals surface area contributed by atoms with Crippen molar-refractivity contribution in [1.29, 1.82) is 0 Å². The normalized spacial score (nSPS) is 17.9. The number of aryl methyl sites for hydroxylation is 1. The smallest absolute Gasteiger partial charge is 0.295 e. The van der Waals surface area contributed by atoms with Crippen molar-refractivity contribution in [2.75, 3.05) is 33.8 Å². The van der Waals surface area contributed by atoms with Crippen molar-refractivity contribution in [2.24, 2.45) is 0 Å². The Labute approximate surface area is 190 Å². The topological polar surface area (TPSA) is 70.1 Å². The molecule has 1 atom stereocenters. The van der Waals surface area contributed by atoms with Crippen LogP contribution in [0.4, 0.5) is 0 Å². The van der Waals surface area contributed by atoms with Crippen molar-refractivity contribution >= 4 is 17.4 Å². The molecular weight excluding hydrogens is 404 g/mol. The quantitative estimate of drug-likeness (QED) is 0.363. The second kappa shape index (κ2) is 10.5. The maximum atomic E-state index is 13.1. The lowest BCUT2D eigenvalue weighted by Gasteiger charge is -2.26. The van der Waals surface area contributed by atoms with Gasteiger partial charge in [-0.15, -0.1) is 0 Å². The fourth-order valence-corrected chi connectivity index (χ4v) is 3.88. The van der Waals surface area contributed by atoms with Crippen LogP contribution in [-0.4, -0.2) is 60.4 Å². The molecule has 170 valence electrons. The summed E-state index contributed by atoms with van der Waals surface area (Å²) < 4.78 is 5.78. The SMILES string of the molecule is CCCOc1cccc([C@H]2/C(=C(\O)c3ccc(C)cc3)C(=O)C(=O)N2CCCN(C)C)c1. The number of carbonyl (C=O) groups excluding carboxylic acids is 2. The largest absolute Gasteiger partial charge is 0.507 e. The second-order valence-corrected chi connectivity index (χ2v) is 8.44. The molecule has 0 radical (unpaired) electrons. The monoisotopic (exact) mass is 436 g/mol. The predicted octanol–water partition coefficient (Wildman–Crippen LogP) is 4.16. The molecule has 2 aromatic rings. The maximum Gasteiger partial charge on any atom is 0.295 e. The first-order chi connectivity index (χ1) is 15.3. The molecule has 1 heterocycles. The van der Waals surface area contributed by atoms with E-state index in [9.17, 15) is 14.7 Å². The van der Waals surface area contributed by atoms with Gasteiger partial charge in [-0.05, 0) is 58.1 Å². The number of nitrogens with zero attached hydrogens (tertiary/aromatic N) is 2. The Kier molecular flexibility index (Phi) is 7.70. The molecule has 0 aromatic heterocycles. The van der Waals surface area contributed by atoms with Crippen LogP contribution >= 0.6 is 0 Å². The van der Waals surface area contributed by atoms with Crippen molar-refractivity contribution in [3.63, 3.8) is 0 Å². The molecule has 1 saturated heterocycles. The van der Waals surface area contributed by atoms with Gasteiger partial charge < -0.3 is 19.6 Å². The van der Waals surface area contributed by atoms with Crippen LogP contribution in [0, 0.1) is 6.92 Å². The summed E-state index contributed by atoms with van der Waals surface area (Å²) in [5.74, 6) is -0.706. The number of likely N-dealkylation sites (tertiary alicyclic amines) is 1. The van der Waals surface area contributed by atoms with E-state index in [0.29, 0.717) is 30.9 Å². The van der Waals surface area contributed by atoms with Crippen molar-refractivity contribution in [3.05, 3.63) is 70.8 Å². The molecule has 3 rings (SSSR count). The molecule has 0 bridgehead atoms. The number of carbonyl (C=O) groups is 2. The molecule has 1 N–H and O–H groups in total. The number of ketones is 1. The minimum absolute atomic E-state index is 0.122. The number of aliphatic hydroxyl groups is 1. The molecule has 1 fully saturated rings. The molecule has 32 heavy (non-hydrogen) atoms. The van der Waals surface area contributed by atoms with E-state index in [1.54, 1.807) is 17.0 Å². The highest BCUT2D eigenvalue weighted by Crippen LogP contribution is 2.40. The zero-order valence-electron chi connectivity index (χ0n) is 19.3. The summed E-state index contributed by atoms with van der Waals surface area (Å²) in [6, 6.07) is 14.0. The first-order valence-corrected chi connectivity index (χ1v) is 11.1. The Balaban J connectivity index is 2.07. The summed E-state index contributed by atoms with van der Waals surface area (Å²) in [4.78, 5) is 29.7. The molecule has 6 heteroatoms. The van der Waals surface area contributed by atoms with Crippen LogP contribution in [0.3, 0.4) is 0 Å². The van der Waals surface area contributed by atoms with Crippen molar-refractivity contribution in [2.45, 2.75) is 32.7 Å². The lowest BCUT2D eigenvalue weighted by Crippen LogP contribution is -2.32. The third-order valence-corrected chi connectivity index (χ3v) is 5.52. The van der Waals surface area contributed by atoms with Crippen LogP contribution in [0.15, 0.2) is 54.1 Å². The Morgan fingerprint density at radius 1 is 1.12 bits per heavy atom. The third-order valence-electron chi connectivity index (χ3n) is 5.52. The van der Waals surface area contributed by atoms with Gasteiger partial charge in [0.15, 0.2) is 0 Å². The number of ether oxygens (including phenoxy) is 1. The Bertz CT molecular complexity index is 995. The van der Waals surface area contributed by atoms with E-state index in [0.717, 1.165) is 24.1 Å². The Morgan fingerprint density at radius 3 is 2.50 bits per heavy atom. The van der Waals surface area contributed by atoms with Crippen LogP contribution < -0.4 is 4.74 Å². The van der Waals surface area contributed by atoms with Crippen molar-refractivity contribution < 1.29 is 19.4 Å². The van der Waals surface area contributed by atoms with E-state index in [2.05, 4.69) is 0 Å². The zero-order chi connectivity index (χ0) is 23.3. The summed E-state index contributed by atoms with van der Waals surface area (Å²) in [5, 5.41) is 11.1. The van der Waals surface area contributed by atoms with Gasteiger partial charge in [0.2, 0.25) is 0 Å². The number of hydrogen-bond acceptors (Lipinski definition) is 5. The average Bonchev–Trinajstić information content (AvgIpc) is 3.02. The minimum Gasteiger partial charge on any atom is -0.507 e. The number of hydrogen-bond donors (Lipinski definition) is 1. The van der Waals surface area contributed by atoms with Gasteiger partial charge in [0.25, 0.3) is 11.7 Å². The van der Waals surface area contributed by atoms with Crippen LogP contribution in [0.5, 0.6) is 5.75 Å². The van der Waals surface area contributed by atoms with Crippen molar-refractivity contribution in [1.82, 2.24) is 9.80 Å². The molecule has 6 nitrogen and oxygen atoms in total. The zero-order valence-corrected chi connectivity index (χ0v) is 19.3. The molecule has 1 aliphatic heterocycles. The Morgan fingerprint density at radius 2 is 1.84 bits per heavy atom. The number of benzene rings is 2. The molecule has 2 aromatic carbocycles. The Hall–Kier alpha value is -3.12. The van der Waals surface area contributed by atoms with Crippen LogP contribution in [0.2, 0.25) is 0 Å². The van der Waals surface area contributed by atoms with Gasteiger partial charge in [0.1, 0.15) is 11.5 Å². The number of aliphatic hydroxyl groups excluding tert-OH is 1. The molecule has 1 amide bonds. The minimum atomic E-state index is -0.663. The standard InChI is InChI=1S/C26H32N2O4/c1-5-16-32-21-9-6-8-20(17-21)23-22(24(29)19-12-10-18(2)11-13-19)25(30)26(31)28(23)15-7-14-27(3)4/h6,8-13,17,23,29H,5,7,14-16H2,1-4H3/b24-22+/t23-/m0/s1. The van der Waals surface area contributed by atoms with Gasteiger partial charge in [0.05, 0.1) is 18.2 Å². The van der Waals surface area contributed by atoms with Gasteiger partial charge >= 0.3 is 0 Å². The summed E-state index contributed by atoms with van der Waals surface area (Å²) >= 11 is 0. The second-order valence-electron chi connectivity index (χ2n) is 8.44. The molecule has 0 saturated carbocycles. The molecule has 1 aliphatic rings. The van der Waals surface area contributed by atoms with E-state index in [1.165, 1.54) is 0 Å². The molecule has 0 spiro atoms. The number of Topliss-reactive ketones (excluding diaryl/α,β-unsaturated/α-hetero) is 1. The predicted molar refractivity (Wildman–Crippen MR) is 126 cm³/mol.